The average molecular weight is 209 g/mol. The molecular formula is C11H9ClO2. The summed E-state index contributed by atoms with van der Waals surface area (Å²) >= 11 is 5.95. The Morgan fingerprint density at radius 1 is 1.21 bits per heavy atom. The number of rotatable bonds is 1. The third-order valence-corrected chi connectivity index (χ3v) is 2.54. The number of hydrogen-bond acceptors (Lipinski definition) is 2. The number of phenols is 1. The summed E-state index contributed by atoms with van der Waals surface area (Å²) in [5.41, 5.74) is 0. The summed E-state index contributed by atoms with van der Waals surface area (Å²) in [6, 6.07) is 9.04. The van der Waals surface area contributed by atoms with Crippen LogP contribution >= 0.6 is 11.6 Å². The second-order valence-electron chi connectivity index (χ2n) is 2.96. The van der Waals surface area contributed by atoms with E-state index < -0.39 is 0 Å². The van der Waals surface area contributed by atoms with Gasteiger partial charge in [-0.1, -0.05) is 35.9 Å². The molecule has 0 bridgehead atoms. The lowest BCUT2D eigenvalue weighted by Gasteiger charge is -2.08. The van der Waals surface area contributed by atoms with Gasteiger partial charge in [-0.2, -0.15) is 0 Å². The minimum absolute atomic E-state index is 0.0437. The van der Waals surface area contributed by atoms with Crippen LogP contribution in [0.3, 0.4) is 0 Å². The van der Waals surface area contributed by atoms with E-state index in [1.54, 1.807) is 7.11 Å². The normalized spacial score (nSPS) is 10.4. The highest BCUT2D eigenvalue weighted by atomic mass is 35.5. The Kier molecular flexibility index (Phi) is 2.22. The molecule has 0 amide bonds. The van der Waals surface area contributed by atoms with E-state index in [0.717, 1.165) is 10.8 Å². The van der Waals surface area contributed by atoms with Crippen molar-refractivity contribution in [1.82, 2.24) is 0 Å². The van der Waals surface area contributed by atoms with Crippen molar-refractivity contribution in [1.29, 1.82) is 0 Å². The van der Waals surface area contributed by atoms with Crippen LogP contribution in [0.1, 0.15) is 0 Å². The summed E-state index contributed by atoms with van der Waals surface area (Å²) < 4.78 is 5.14. The fourth-order valence-electron chi connectivity index (χ4n) is 1.46. The first-order chi connectivity index (χ1) is 6.74. The van der Waals surface area contributed by atoms with Gasteiger partial charge in [-0.05, 0) is 0 Å². The van der Waals surface area contributed by atoms with Crippen molar-refractivity contribution in [2.75, 3.05) is 7.11 Å². The van der Waals surface area contributed by atoms with Gasteiger partial charge in [0.2, 0.25) is 0 Å². The van der Waals surface area contributed by atoms with E-state index in [1.807, 2.05) is 24.3 Å². The monoisotopic (exact) mass is 208 g/mol. The molecule has 1 N–H and O–H groups in total. The number of hydrogen-bond donors (Lipinski definition) is 1. The van der Waals surface area contributed by atoms with Crippen molar-refractivity contribution in [3.8, 4) is 11.5 Å². The zero-order valence-corrected chi connectivity index (χ0v) is 8.38. The zero-order chi connectivity index (χ0) is 10.1. The van der Waals surface area contributed by atoms with E-state index in [9.17, 15) is 5.11 Å². The fourth-order valence-corrected chi connectivity index (χ4v) is 1.68. The summed E-state index contributed by atoms with van der Waals surface area (Å²) in [4.78, 5) is 0. The number of aromatic hydroxyl groups is 1. The molecule has 2 aromatic rings. The Balaban J connectivity index is 2.89. The number of ether oxygens (including phenoxy) is 1. The van der Waals surface area contributed by atoms with Crippen LogP contribution in [0.5, 0.6) is 11.5 Å². The summed E-state index contributed by atoms with van der Waals surface area (Å²) in [6.07, 6.45) is 0. The topological polar surface area (TPSA) is 29.5 Å². The molecule has 3 heteroatoms. The maximum absolute atomic E-state index is 9.52. The minimum Gasteiger partial charge on any atom is -0.506 e. The predicted octanol–water partition coefficient (Wildman–Crippen LogP) is 3.21. The second-order valence-corrected chi connectivity index (χ2v) is 3.34. The number of halogens is 1. The molecular weight excluding hydrogens is 200 g/mol. The summed E-state index contributed by atoms with van der Waals surface area (Å²) in [7, 11) is 1.56. The van der Waals surface area contributed by atoms with Gasteiger partial charge in [0.05, 0.1) is 12.1 Å². The Labute approximate surface area is 86.7 Å². The van der Waals surface area contributed by atoms with Crippen molar-refractivity contribution in [2.24, 2.45) is 0 Å². The lowest BCUT2D eigenvalue weighted by Crippen LogP contribution is -1.85. The van der Waals surface area contributed by atoms with Crippen molar-refractivity contribution < 1.29 is 9.84 Å². The molecule has 0 radical (unpaired) electrons. The summed E-state index contributed by atoms with van der Waals surface area (Å²) in [6.45, 7) is 0. The summed E-state index contributed by atoms with van der Waals surface area (Å²) in [5.74, 6) is 0.671. The van der Waals surface area contributed by atoms with Gasteiger partial charge in [-0.15, -0.1) is 0 Å². The first-order valence-corrected chi connectivity index (χ1v) is 4.56. The zero-order valence-electron chi connectivity index (χ0n) is 7.62. The molecule has 72 valence electrons. The predicted molar refractivity (Wildman–Crippen MR) is 57.2 cm³/mol. The smallest absolute Gasteiger partial charge is 0.138 e. The van der Waals surface area contributed by atoms with E-state index in [0.29, 0.717) is 10.8 Å². The Bertz CT molecular complexity index is 480. The van der Waals surface area contributed by atoms with Crippen LogP contribution in [-0.4, -0.2) is 12.2 Å². The van der Waals surface area contributed by atoms with E-state index in [1.165, 1.54) is 6.07 Å². The van der Waals surface area contributed by atoms with E-state index in [2.05, 4.69) is 0 Å². The van der Waals surface area contributed by atoms with Gasteiger partial charge in [-0.3, -0.25) is 0 Å². The van der Waals surface area contributed by atoms with Crippen molar-refractivity contribution in [2.45, 2.75) is 0 Å². The van der Waals surface area contributed by atoms with Crippen molar-refractivity contribution >= 4 is 22.4 Å². The van der Waals surface area contributed by atoms with Gasteiger partial charge >= 0.3 is 0 Å². The van der Waals surface area contributed by atoms with Crippen LogP contribution < -0.4 is 4.74 Å². The van der Waals surface area contributed by atoms with E-state index in [4.69, 9.17) is 16.3 Å². The first-order valence-electron chi connectivity index (χ1n) is 4.18. The van der Waals surface area contributed by atoms with Crippen LogP contribution in [0.25, 0.3) is 10.8 Å². The van der Waals surface area contributed by atoms with Crippen molar-refractivity contribution in [3.63, 3.8) is 0 Å². The SMILES string of the molecule is COc1cc(O)c(Cl)c2ccccc12. The molecule has 0 aromatic heterocycles. The van der Waals surface area contributed by atoms with Crippen molar-refractivity contribution in [3.05, 3.63) is 35.4 Å². The average Bonchev–Trinajstić information content (AvgIpc) is 2.23. The molecule has 0 aliphatic rings. The lowest BCUT2D eigenvalue weighted by molar-refractivity contribution is 0.413. The van der Waals surface area contributed by atoms with Gasteiger partial charge in [-0.25, -0.2) is 0 Å². The van der Waals surface area contributed by atoms with Crippen LogP contribution in [0.2, 0.25) is 5.02 Å². The highest BCUT2D eigenvalue weighted by Crippen LogP contribution is 2.37. The Morgan fingerprint density at radius 2 is 1.86 bits per heavy atom. The Morgan fingerprint density at radius 3 is 2.50 bits per heavy atom. The van der Waals surface area contributed by atoms with Crippen LogP contribution in [0.4, 0.5) is 0 Å². The molecule has 0 atom stereocenters. The second kappa shape index (κ2) is 3.39. The maximum atomic E-state index is 9.52. The van der Waals surface area contributed by atoms with Gasteiger partial charge in [0.15, 0.2) is 0 Å². The molecule has 0 spiro atoms. The third-order valence-electron chi connectivity index (χ3n) is 2.14. The van der Waals surface area contributed by atoms with E-state index >= 15 is 0 Å². The minimum atomic E-state index is 0.0437. The fraction of sp³-hybridized carbons (Fsp3) is 0.0909. The van der Waals surface area contributed by atoms with Crippen LogP contribution in [0, 0.1) is 0 Å². The maximum Gasteiger partial charge on any atom is 0.138 e. The molecule has 2 aromatic carbocycles. The van der Waals surface area contributed by atoms with E-state index in [-0.39, 0.29) is 5.75 Å². The Hall–Kier alpha value is -1.41. The van der Waals surface area contributed by atoms with Gasteiger partial charge in [0.25, 0.3) is 0 Å². The third kappa shape index (κ3) is 1.28. The number of methoxy groups -OCH3 is 1. The first kappa shape index (κ1) is 9.16. The molecule has 0 unspecified atom stereocenters. The standard InChI is InChI=1S/C11H9ClO2/c1-14-10-6-9(13)11(12)8-5-3-2-4-7(8)10/h2-6,13H,1H3. The highest BCUT2D eigenvalue weighted by molar-refractivity contribution is 6.37. The number of benzene rings is 2. The molecule has 14 heavy (non-hydrogen) atoms. The molecule has 0 heterocycles. The molecule has 0 aliphatic heterocycles. The largest absolute Gasteiger partial charge is 0.506 e. The molecule has 2 nitrogen and oxygen atoms in total. The molecule has 0 aliphatic carbocycles. The highest BCUT2D eigenvalue weighted by Gasteiger charge is 2.09. The van der Waals surface area contributed by atoms with Crippen LogP contribution in [-0.2, 0) is 0 Å². The molecule has 0 saturated carbocycles. The van der Waals surface area contributed by atoms with Crippen LogP contribution in [0.15, 0.2) is 30.3 Å². The molecule has 0 saturated heterocycles. The molecule has 0 fully saturated rings. The lowest BCUT2D eigenvalue weighted by atomic mass is 10.1. The van der Waals surface area contributed by atoms with Gasteiger partial charge in [0.1, 0.15) is 11.5 Å². The number of phenolic OH excluding ortho intramolecular Hbond substituents is 1. The number of fused-ring (bicyclic) bond motifs is 1. The summed E-state index contributed by atoms with van der Waals surface area (Å²) in [5, 5.41) is 11.6. The van der Waals surface area contributed by atoms with Gasteiger partial charge in [0, 0.05) is 16.8 Å². The molecule has 2 rings (SSSR count). The quantitative estimate of drug-likeness (QED) is 0.780. The van der Waals surface area contributed by atoms with Gasteiger partial charge < -0.3 is 9.84 Å².